The predicted octanol–water partition coefficient (Wildman–Crippen LogP) is 2.99. The van der Waals surface area contributed by atoms with E-state index in [0.29, 0.717) is 10.8 Å². The summed E-state index contributed by atoms with van der Waals surface area (Å²) < 4.78 is 0.340. The van der Waals surface area contributed by atoms with E-state index in [1.54, 1.807) is 0 Å². The highest BCUT2D eigenvalue weighted by molar-refractivity contribution is 7.99. The van der Waals surface area contributed by atoms with Crippen LogP contribution in [0.3, 0.4) is 0 Å². The first-order valence-corrected chi connectivity index (χ1v) is 8.36. The Morgan fingerprint density at radius 2 is 2.05 bits per heavy atom. The average Bonchev–Trinajstić information content (AvgIpc) is 2.86. The number of likely N-dealkylation sites (tertiary alicyclic amines) is 1. The Bertz CT molecular complexity index is 378. The Kier molecular flexibility index (Phi) is 5.31. The Morgan fingerprint density at radius 1 is 1.32 bits per heavy atom. The van der Waals surface area contributed by atoms with Gasteiger partial charge in [0.25, 0.3) is 0 Å². The zero-order chi connectivity index (χ0) is 13.7. The number of nitrogens with zero attached hydrogens (tertiary/aromatic N) is 1. The van der Waals surface area contributed by atoms with Crippen molar-refractivity contribution in [2.24, 2.45) is 0 Å². The van der Waals surface area contributed by atoms with Crippen molar-refractivity contribution in [3.8, 4) is 0 Å². The molecule has 1 aromatic carbocycles. The number of hydrogen-bond donors (Lipinski definition) is 1. The number of rotatable bonds is 6. The van der Waals surface area contributed by atoms with Crippen molar-refractivity contribution in [2.45, 2.75) is 37.6 Å². The second-order valence-electron chi connectivity index (χ2n) is 6.05. The molecule has 1 aliphatic rings. The summed E-state index contributed by atoms with van der Waals surface area (Å²) in [5, 5.41) is 3.73. The van der Waals surface area contributed by atoms with Gasteiger partial charge in [0, 0.05) is 37.0 Å². The molecule has 1 fully saturated rings. The maximum Gasteiger partial charge on any atom is 0.0234 e. The van der Waals surface area contributed by atoms with Gasteiger partial charge < -0.3 is 5.32 Å². The monoisotopic (exact) mass is 278 g/mol. The zero-order valence-corrected chi connectivity index (χ0v) is 13.2. The van der Waals surface area contributed by atoms with Crippen LogP contribution < -0.4 is 5.32 Å². The van der Waals surface area contributed by atoms with Crippen LogP contribution in [0.25, 0.3) is 0 Å². The molecule has 1 aromatic rings. The smallest absolute Gasteiger partial charge is 0.0234 e. The van der Waals surface area contributed by atoms with Crippen LogP contribution in [-0.4, -0.2) is 41.6 Å². The molecule has 0 aromatic heterocycles. The molecule has 2 rings (SSSR count). The molecule has 3 heteroatoms. The van der Waals surface area contributed by atoms with Gasteiger partial charge in [-0.05, 0) is 32.1 Å². The number of nitrogens with one attached hydrogen (secondary N) is 1. The van der Waals surface area contributed by atoms with E-state index in [-0.39, 0.29) is 0 Å². The van der Waals surface area contributed by atoms with Crippen molar-refractivity contribution >= 4 is 11.8 Å². The van der Waals surface area contributed by atoms with E-state index in [0.717, 1.165) is 13.1 Å². The summed E-state index contributed by atoms with van der Waals surface area (Å²) in [6.07, 6.45) is 3.47. The second kappa shape index (κ2) is 6.78. The lowest BCUT2D eigenvalue weighted by atomic mass is 10.2. The SMILES string of the molecule is CSC(C)(C)CNC1CCN(Cc2ccccc2)C1. The van der Waals surface area contributed by atoms with Gasteiger partial charge in [-0.2, -0.15) is 11.8 Å². The first kappa shape index (κ1) is 14.9. The van der Waals surface area contributed by atoms with Crippen molar-refractivity contribution in [1.29, 1.82) is 0 Å². The van der Waals surface area contributed by atoms with Crippen LogP contribution in [-0.2, 0) is 6.54 Å². The largest absolute Gasteiger partial charge is 0.311 e. The standard InChI is InChI=1S/C16H26N2S/c1-16(2,19-3)13-17-15-9-10-18(12-15)11-14-7-5-4-6-8-14/h4-8,15,17H,9-13H2,1-3H3. The molecule has 106 valence electrons. The van der Waals surface area contributed by atoms with E-state index in [4.69, 9.17) is 0 Å². The molecule has 0 spiro atoms. The summed E-state index contributed by atoms with van der Waals surface area (Å²) >= 11 is 1.94. The van der Waals surface area contributed by atoms with E-state index >= 15 is 0 Å². The molecular formula is C16H26N2S. The van der Waals surface area contributed by atoms with Crippen LogP contribution in [0.4, 0.5) is 0 Å². The second-order valence-corrected chi connectivity index (χ2v) is 7.56. The normalized spacial score (nSPS) is 20.9. The van der Waals surface area contributed by atoms with Crippen LogP contribution in [0.1, 0.15) is 25.8 Å². The van der Waals surface area contributed by atoms with Crippen LogP contribution in [0.15, 0.2) is 30.3 Å². The first-order chi connectivity index (χ1) is 9.09. The van der Waals surface area contributed by atoms with E-state index in [2.05, 4.69) is 60.7 Å². The van der Waals surface area contributed by atoms with Gasteiger partial charge in [-0.1, -0.05) is 30.3 Å². The van der Waals surface area contributed by atoms with Crippen molar-refractivity contribution in [2.75, 3.05) is 25.9 Å². The zero-order valence-electron chi connectivity index (χ0n) is 12.4. The molecule has 1 heterocycles. The summed E-state index contributed by atoms with van der Waals surface area (Å²) in [6, 6.07) is 11.4. The summed E-state index contributed by atoms with van der Waals surface area (Å²) in [4.78, 5) is 2.55. The Labute approximate surface area is 122 Å². The van der Waals surface area contributed by atoms with E-state index in [9.17, 15) is 0 Å². The molecule has 0 aliphatic carbocycles. The molecule has 0 saturated carbocycles. The highest BCUT2D eigenvalue weighted by Crippen LogP contribution is 2.21. The van der Waals surface area contributed by atoms with Gasteiger partial charge in [0.1, 0.15) is 0 Å². The molecule has 1 N–H and O–H groups in total. The average molecular weight is 278 g/mol. The third-order valence-corrected chi connectivity index (χ3v) is 5.14. The van der Waals surface area contributed by atoms with Crippen molar-refractivity contribution in [3.63, 3.8) is 0 Å². The summed E-state index contributed by atoms with van der Waals surface area (Å²) in [7, 11) is 0. The minimum absolute atomic E-state index is 0.340. The van der Waals surface area contributed by atoms with Crippen molar-refractivity contribution in [3.05, 3.63) is 35.9 Å². The summed E-state index contributed by atoms with van der Waals surface area (Å²) in [6.45, 7) is 9.19. The molecule has 1 saturated heterocycles. The van der Waals surface area contributed by atoms with Crippen molar-refractivity contribution < 1.29 is 0 Å². The van der Waals surface area contributed by atoms with Crippen molar-refractivity contribution in [1.82, 2.24) is 10.2 Å². The highest BCUT2D eigenvalue weighted by Gasteiger charge is 2.24. The lowest BCUT2D eigenvalue weighted by molar-refractivity contribution is 0.319. The molecule has 0 radical (unpaired) electrons. The Balaban J connectivity index is 1.74. The molecule has 0 bridgehead atoms. The summed E-state index contributed by atoms with van der Waals surface area (Å²) in [5.74, 6) is 0. The predicted molar refractivity (Wildman–Crippen MR) is 85.7 cm³/mol. The number of thioether (sulfide) groups is 1. The maximum absolute atomic E-state index is 3.73. The maximum atomic E-state index is 3.73. The van der Waals surface area contributed by atoms with Gasteiger partial charge in [-0.3, -0.25) is 4.90 Å². The molecule has 1 aliphatic heterocycles. The highest BCUT2D eigenvalue weighted by atomic mass is 32.2. The molecule has 0 amide bonds. The fourth-order valence-corrected chi connectivity index (χ4v) is 2.67. The van der Waals surface area contributed by atoms with Gasteiger partial charge in [0.05, 0.1) is 0 Å². The Morgan fingerprint density at radius 3 is 2.74 bits per heavy atom. The molecule has 1 atom stereocenters. The van der Waals surface area contributed by atoms with Gasteiger partial charge >= 0.3 is 0 Å². The third-order valence-electron chi connectivity index (χ3n) is 3.89. The lowest BCUT2D eigenvalue weighted by Gasteiger charge is -2.25. The van der Waals surface area contributed by atoms with Gasteiger partial charge in [-0.25, -0.2) is 0 Å². The topological polar surface area (TPSA) is 15.3 Å². The van der Waals surface area contributed by atoms with Crippen LogP contribution in [0, 0.1) is 0 Å². The van der Waals surface area contributed by atoms with E-state index in [1.165, 1.54) is 25.1 Å². The quantitative estimate of drug-likeness (QED) is 0.861. The summed E-state index contributed by atoms with van der Waals surface area (Å²) in [5.41, 5.74) is 1.42. The minimum atomic E-state index is 0.340. The van der Waals surface area contributed by atoms with Gasteiger partial charge in [0.15, 0.2) is 0 Å². The molecule has 19 heavy (non-hydrogen) atoms. The number of hydrogen-bond acceptors (Lipinski definition) is 3. The molecular weight excluding hydrogens is 252 g/mol. The van der Waals surface area contributed by atoms with Crippen LogP contribution in [0.5, 0.6) is 0 Å². The minimum Gasteiger partial charge on any atom is -0.311 e. The van der Waals surface area contributed by atoms with Crippen LogP contribution >= 0.6 is 11.8 Å². The molecule has 1 unspecified atom stereocenters. The Hall–Kier alpha value is -0.510. The van der Waals surface area contributed by atoms with E-state index in [1.807, 2.05) is 11.8 Å². The first-order valence-electron chi connectivity index (χ1n) is 7.14. The van der Waals surface area contributed by atoms with Gasteiger partial charge in [0.2, 0.25) is 0 Å². The lowest BCUT2D eigenvalue weighted by Crippen LogP contribution is -2.40. The third kappa shape index (κ3) is 4.83. The van der Waals surface area contributed by atoms with Gasteiger partial charge in [-0.15, -0.1) is 0 Å². The fraction of sp³-hybridized carbons (Fsp3) is 0.625. The molecule has 2 nitrogen and oxygen atoms in total. The number of benzene rings is 1. The fourth-order valence-electron chi connectivity index (χ4n) is 2.45. The van der Waals surface area contributed by atoms with Crippen LogP contribution in [0.2, 0.25) is 0 Å². The van der Waals surface area contributed by atoms with E-state index < -0.39 is 0 Å².